The Morgan fingerprint density at radius 3 is 2.92 bits per heavy atom. The Labute approximate surface area is 83.0 Å². The maximum Gasteiger partial charge on any atom is 0.225 e. The number of halogens is 1. The highest BCUT2D eigenvalue weighted by atomic mass is 35.5. The highest BCUT2D eigenvalue weighted by Crippen LogP contribution is 2.31. The van der Waals surface area contributed by atoms with E-state index in [-0.39, 0.29) is 6.10 Å². The minimum atomic E-state index is 0.0399. The van der Waals surface area contributed by atoms with Gasteiger partial charge in [0.25, 0.3) is 0 Å². The van der Waals surface area contributed by atoms with Gasteiger partial charge in [0, 0.05) is 19.0 Å². The Kier molecular flexibility index (Phi) is 2.74. The van der Waals surface area contributed by atoms with Crippen LogP contribution in [0.3, 0.4) is 0 Å². The lowest BCUT2D eigenvalue weighted by Gasteiger charge is -2.32. The minimum absolute atomic E-state index is 0.0399. The summed E-state index contributed by atoms with van der Waals surface area (Å²) in [5.74, 6) is 1.10. The second kappa shape index (κ2) is 3.84. The second-order valence-corrected chi connectivity index (χ2v) is 4.01. The number of amides is 1. The molecule has 0 aromatic heterocycles. The molecule has 13 heavy (non-hydrogen) atoms. The molecule has 1 saturated heterocycles. The first kappa shape index (κ1) is 9.28. The van der Waals surface area contributed by atoms with Gasteiger partial charge in [-0.05, 0) is 12.8 Å². The van der Waals surface area contributed by atoms with Crippen molar-refractivity contribution < 1.29 is 9.53 Å². The van der Waals surface area contributed by atoms with Crippen LogP contribution < -0.4 is 0 Å². The quantitative estimate of drug-likeness (QED) is 0.624. The fourth-order valence-electron chi connectivity index (χ4n) is 1.60. The van der Waals surface area contributed by atoms with Gasteiger partial charge in [0.15, 0.2) is 0 Å². The molecule has 3 nitrogen and oxygen atoms in total. The standard InChI is InChI=1S/C9H14ClNO2/c10-5-8-6-11(3-4-13-8)9(12)7-1-2-7/h7-8H,1-6H2. The summed E-state index contributed by atoms with van der Waals surface area (Å²) in [5, 5.41) is 0. The van der Waals surface area contributed by atoms with Crippen molar-refractivity contribution in [2.24, 2.45) is 5.92 Å². The first-order valence-electron chi connectivity index (χ1n) is 4.77. The summed E-state index contributed by atoms with van der Waals surface area (Å²) < 4.78 is 5.38. The zero-order chi connectivity index (χ0) is 9.26. The molecular formula is C9H14ClNO2. The predicted molar refractivity (Wildman–Crippen MR) is 49.8 cm³/mol. The number of ether oxygens (including phenoxy) is 1. The number of nitrogens with zero attached hydrogens (tertiary/aromatic N) is 1. The average molecular weight is 204 g/mol. The summed E-state index contributed by atoms with van der Waals surface area (Å²) in [6.07, 6.45) is 2.18. The topological polar surface area (TPSA) is 29.5 Å². The maximum absolute atomic E-state index is 11.6. The van der Waals surface area contributed by atoms with E-state index in [1.807, 2.05) is 4.90 Å². The number of rotatable bonds is 2. The summed E-state index contributed by atoms with van der Waals surface area (Å²) in [4.78, 5) is 13.5. The molecule has 0 aromatic carbocycles. The van der Waals surface area contributed by atoms with Crippen LogP contribution in [0.5, 0.6) is 0 Å². The molecule has 4 heteroatoms. The second-order valence-electron chi connectivity index (χ2n) is 3.71. The monoisotopic (exact) mass is 203 g/mol. The van der Waals surface area contributed by atoms with Crippen LogP contribution in [0.4, 0.5) is 0 Å². The van der Waals surface area contributed by atoms with Gasteiger partial charge in [-0.25, -0.2) is 0 Å². The van der Waals surface area contributed by atoms with E-state index in [4.69, 9.17) is 16.3 Å². The Balaban J connectivity index is 1.87. The van der Waals surface area contributed by atoms with Gasteiger partial charge in [-0.1, -0.05) is 0 Å². The van der Waals surface area contributed by atoms with E-state index < -0.39 is 0 Å². The molecule has 74 valence electrons. The molecule has 0 aromatic rings. The van der Waals surface area contributed by atoms with E-state index >= 15 is 0 Å². The molecule has 2 aliphatic rings. The van der Waals surface area contributed by atoms with Crippen molar-refractivity contribution in [2.75, 3.05) is 25.6 Å². The molecule has 0 bridgehead atoms. The lowest BCUT2D eigenvalue weighted by atomic mass is 10.2. The van der Waals surface area contributed by atoms with Crippen LogP contribution >= 0.6 is 11.6 Å². The Morgan fingerprint density at radius 1 is 1.54 bits per heavy atom. The van der Waals surface area contributed by atoms with E-state index in [1.165, 1.54) is 0 Å². The summed E-state index contributed by atoms with van der Waals surface area (Å²) >= 11 is 5.68. The van der Waals surface area contributed by atoms with Crippen molar-refractivity contribution in [1.82, 2.24) is 4.90 Å². The average Bonchev–Trinajstić information content (AvgIpc) is 3.00. The Morgan fingerprint density at radius 2 is 2.31 bits per heavy atom. The van der Waals surface area contributed by atoms with E-state index in [0.717, 1.165) is 19.4 Å². The fourth-order valence-corrected chi connectivity index (χ4v) is 1.79. The van der Waals surface area contributed by atoms with Gasteiger partial charge in [0.2, 0.25) is 5.91 Å². The van der Waals surface area contributed by atoms with Gasteiger partial charge in [-0.2, -0.15) is 0 Å². The molecule has 0 radical (unpaired) electrons. The molecule has 1 atom stereocenters. The third-order valence-electron chi connectivity index (χ3n) is 2.55. The number of carbonyl (C=O) groups is 1. The molecule has 1 unspecified atom stereocenters. The largest absolute Gasteiger partial charge is 0.373 e. The zero-order valence-corrected chi connectivity index (χ0v) is 8.29. The molecule has 0 N–H and O–H groups in total. The van der Waals surface area contributed by atoms with Crippen LogP contribution in [0.15, 0.2) is 0 Å². The molecule has 2 rings (SSSR count). The third-order valence-corrected chi connectivity index (χ3v) is 2.89. The van der Waals surface area contributed by atoms with Crippen LogP contribution in [0.1, 0.15) is 12.8 Å². The van der Waals surface area contributed by atoms with Crippen LogP contribution in [-0.2, 0) is 9.53 Å². The van der Waals surface area contributed by atoms with E-state index in [0.29, 0.717) is 30.9 Å². The normalized spacial score (nSPS) is 29.0. The minimum Gasteiger partial charge on any atom is -0.373 e. The predicted octanol–water partition coefficient (Wildman–Crippen LogP) is 0.863. The molecule has 0 spiro atoms. The number of morpholine rings is 1. The van der Waals surface area contributed by atoms with Crippen molar-refractivity contribution in [1.29, 1.82) is 0 Å². The first-order chi connectivity index (χ1) is 6.31. The van der Waals surface area contributed by atoms with Crippen molar-refractivity contribution >= 4 is 17.5 Å². The Bertz CT molecular complexity index is 206. The summed E-state index contributed by atoms with van der Waals surface area (Å²) in [7, 11) is 0. The maximum atomic E-state index is 11.6. The van der Waals surface area contributed by atoms with Crippen LogP contribution in [0.25, 0.3) is 0 Å². The SMILES string of the molecule is O=C(C1CC1)N1CCOC(CCl)C1. The summed E-state index contributed by atoms with van der Waals surface area (Å²) in [6, 6.07) is 0. The molecule has 1 aliphatic carbocycles. The number of alkyl halides is 1. The van der Waals surface area contributed by atoms with Gasteiger partial charge in [-0.3, -0.25) is 4.79 Å². The van der Waals surface area contributed by atoms with Crippen molar-refractivity contribution in [2.45, 2.75) is 18.9 Å². The van der Waals surface area contributed by atoms with E-state index in [2.05, 4.69) is 0 Å². The number of hydrogen-bond acceptors (Lipinski definition) is 2. The molecule has 1 aliphatic heterocycles. The lowest BCUT2D eigenvalue weighted by Crippen LogP contribution is -2.46. The van der Waals surface area contributed by atoms with Gasteiger partial charge >= 0.3 is 0 Å². The fraction of sp³-hybridized carbons (Fsp3) is 0.889. The summed E-state index contributed by atoms with van der Waals surface area (Å²) in [6.45, 7) is 2.05. The number of carbonyl (C=O) groups excluding carboxylic acids is 1. The van der Waals surface area contributed by atoms with Gasteiger partial charge in [0.1, 0.15) is 0 Å². The van der Waals surface area contributed by atoms with Gasteiger partial charge < -0.3 is 9.64 Å². The summed E-state index contributed by atoms with van der Waals surface area (Å²) in [5.41, 5.74) is 0. The van der Waals surface area contributed by atoms with Gasteiger partial charge in [-0.15, -0.1) is 11.6 Å². The molecule has 1 saturated carbocycles. The van der Waals surface area contributed by atoms with Crippen molar-refractivity contribution in [3.63, 3.8) is 0 Å². The molecule has 1 amide bonds. The van der Waals surface area contributed by atoms with Crippen LogP contribution in [0, 0.1) is 5.92 Å². The lowest BCUT2D eigenvalue weighted by molar-refractivity contribution is -0.139. The van der Waals surface area contributed by atoms with Crippen molar-refractivity contribution in [3.05, 3.63) is 0 Å². The van der Waals surface area contributed by atoms with Gasteiger partial charge in [0.05, 0.1) is 18.6 Å². The molecule has 2 fully saturated rings. The van der Waals surface area contributed by atoms with Crippen molar-refractivity contribution in [3.8, 4) is 0 Å². The van der Waals surface area contributed by atoms with E-state index in [9.17, 15) is 4.79 Å². The third kappa shape index (κ3) is 2.15. The highest BCUT2D eigenvalue weighted by Gasteiger charge is 2.35. The zero-order valence-electron chi connectivity index (χ0n) is 7.54. The smallest absolute Gasteiger partial charge is 0.225 e. The van der Waals surface area contributed by atoms with Crippen LogP contribution in [0.2, 0.25) is 0 Å². The molecular weight excluding hydrogens is 190 g/mol. The highest BCUT2D eigenvalue weighted by molar-refractivity contribution is 6.18. The van der Waals surface area contributed by atoms with E-state index in [1.54, 1.807) is 0 Å². The molecule has 1 heterocycles. The number of hydrogen-bond donors (Lipinski definition) is 0. The Hall–Kier alpha value is -0.280. The van der Waals surface area contributed by atoms with Crippen LogP contribution in [-0.4, -0.2) is 42.5 Å². The first-order valence-corrected chi connectivity index (χ1v) is 5.31.